The van der Waals surface area contributed by atoms with Gasteiger partial charge in [0.05, 0.1) is 18.2 Å². The van der Waals surface area contributed by atoms with Crippen LogP contribution in [0.3, 0.4) is 0 Å². The molecule has 5 nitrogen and oxygen atoms in total. The van der Waals surface area contributed by atoms with Crippen LogP contribution in [0.4, 0.5) is 0 Å². The largest absolute Gasteiger partial charge is 0.388 e. The van der Waals surface area contributed by atoms with Crippen LogP contribution in [-0.2, 0) is 4.79 Å². The number of aliphatic hydroxyl groups excluding tert-OH is 2. The van der Waals surface area contributed by atoms with Crippen molar-refractivity contribution in [1.82, 2.24) is 10.2 Å². The Kier molecular flexibility index (Phi) is 4.01. The number of piperidine rings is 1. The highest BCUT2D eigenvalue weighted by molar-refractivity contribution is 5.82. The van der Waals surface area contributed by atoms with Gasteiger partial charge < -0.3 is 20.4 Å². The molecule has 2 aliphatic heterocycles. The lowest BCUT2D eigenvalue weighted by Gasteiger charge is -2.31. The first-order valence-corrected chi connectivity index (χ1v) is 6.50. The number of aliphatic hydroxyl groups is 2. The molecule has 2 rings (SSSR count). The number of likely N-dealkylation sites (tertiary alicyclic amines) is 1. The van der Waals surface area contributed by atoms with E-state index in [1.54, 1.807) is 4.90 Å². The maximum absolute atomic E-state index is 12.2. The number of β-amino-alcohol motifs (C(OH)–C–C–N with tert-alkyl or cyclic N) is 2. The van der Waals surface area contributed by atoms with E-state index in [1.807, 2.05) is 0 Å². The van der Waals surface area contributed by atoms with Crippen molar-refractivity contribution in [2.45, 2.75) is 44.4 Å². The Balaban J connectivity index is 1.91. The van der Waals surface area contributed by atoms with Crippen molar-refractivity contribution in [3.63, 3.8) is 0 Å². The van der Waals surface area contributed by atoms with Crippen LogP contribution in [0, 0.1) is 5.92 Å². The van der Waals surface area contributed by atoms with Crippen molar-refractivity contribution in [3.05, 3.63) is 0 Å². The van der Waals surface area contributed by atoms with E-state index in [0.717, 1.165) is 25.8 Å². The summed E-state index contributed by atoms with van der Waals surface area (Å²) in [5, 5.41) is 22.1. The van der Waals surface area contributed by atoms with Gasteiger partial charge in [-0.2, -0.15) is 0 Å². The van der Waals surface area contributed by atoms with E-state index in [9.17, 15) is 15.0 Å². The summed E-state index contributed by atoms with van der Waals surface area (Å²) in [6, 6.07) is -0.133. The molecule has 17 heavy (non-hydrogen) atoms. The number of nitrogens with zero attached hydrogens (tertiary/aromatic N) is 1. The molecular formula is C12H22N2O3. The summed E-state index contributed by atoms with van der Waals surface area (Å²) in [4.78, 5) is 13.8. The second-order valence-corrected chi connectivity index (χ2v) is 5.18. The Labute approximate surface area is 102 Å². The normalized spacial score (nSPS) is 38.4. The standard InChI is InChI=1S/C12H22N2O3/c1-2-8-3-4-13-9(5-8)12(17)14-6-10(15)11(16)7-14/h8-11,13,15-16H,2-7H2,1H3. The third-order valence-electron chi connectivity index (χ3n) is 3.96. The van der Waals surface area contributed by atoms with Crippen molar-refractivity contribution >= 4 is 5.91 Å². The highest BCUT2D eigenvalue weighted by Gasteiger charge is 2.36. The molecule has 2 fully saturated rings. The first-order valence-electron chi connectivity index (χ1n) is 6.50. The minimum atomic E-state index is -0.787. The zero-order valence-electron chi connectivity index (χ0n) is 10.3. The number of hydrogen-bond acceptors (Lipinski definition) is 4. The monoisotopic (exact) mass is 242 g/mol. The molecule has 0 spiro atoms. The van der Waals surface area contributed by atoms with E-state index in [4.69, 9.17) is 0 Å². The molecular weight excluding hydrogens is 220 g/mol. The lowest BCUT2D eigenvalue weighted by Crippen LogP contribution is -2.50. The topological polar surface area (TPSA) is 72.8 Å². The summed E-state index contributed by atoms with van der Waals surface area (Å²) in [6.07, 6.45) is 1.54. The van der Waals surface area contributed by atoms with Crippen LogP contribution >= 0.6 is 0 Å². The number of carbonyl (C=O) groups excluding carboxylic acids is 1. The van der Waals surface area contributed by atoms with Gasteiger partial charge in [0.2, 0.25) is 5.91 Å². The van der Waals surface area contributed by atoms with Crippen molar-refractivity contribution < 1.29 is 15.0 Å². The first-order chi connectivity index (χ1) is 8.11. The highest BCUT2D eigenvalue weighted by atomic mass is 16.3. The van der Waals surface area contributed by atoms with Crippen molar-refractivity contribution in [2.75, 3.05) is 19.6 Å². The van der Waals surface area contributed by atoms with Gasteiger partial charge in [0.1, 0.15) is 0 Å². The van der Waals surface area contributed by atoms with Crippen molar-refractivity contribution in [2.24, 2.45) is 5.92 Å². The molecule has 98 valence electrons. The zero-order chi connectivity index (χ0) is 12.4. The van der Waals surface area contributed by atoms with Gasteiger partial charge >= 0.3 is 0 Å². The van der Waals surface area contributed by atoms with Crippen LogP contribution in [-0.4, -0.2) is 58.9 Å². The molecule has 2 heterocycles. The highest BCUT2D eigenvalue weighted by Crippen LogP contribution is 2.21. The van der Waals surface area contributed by atoms with Crippen LogP contribution in [0.5, 0.6) is 0 Å². The molecule has 5 heteroatoms. The summed E-state index contributed by atoms with van der Waals surface area (Å²) in [7, 11) is 0. The van der Waals surface area contributed by atoms with E-state index in [2.05, 4.69) is 12.2 Å². The van der Waals surface area contributed by atoms with Crippen molar-refractivity contribution in [3.8, 4) is 0 Å². The third kappa shape index (κ3) is 2.78. The van der Waals surface area contributed by atoms with E-state index in [-0.39, 0.29) is 25.0 Å². The summed E-state index contributed by atoms with van der Waals surface area (Å²) in [6.45, 7) is 3.55. The Morgan fingerprint density at radius 2 is 2.00 bits per heavy atom. The summed E-state index contributed by atoms with van der Waals surface area (Å²) in [5.41, 5.74) is 0. The Morgan fingerprint density at radius 3 is 2.59 bits per heavy atom. The molecule has 0 aromatic rings. The van der Waals surface area contributed by atoms with Crippen LogP contribution in [0.15, 0.2) is 0 Å². The predicted octanol–water partition coefficient (Wildman–Crippen LogP) is -0.671. The Morgan fingerprint density at radius 1 is 1.35 bits per heavy atom. The van der Waals surface area contributed by atoms with Gasteiger partial charge in [-0.25, -0.2) is 0 Å². The molecule has 0 saturated carbocycles. The molecule has 2 aliphatic rings. The molecule has 0 aromatic heterocycles. The van der Waals surface area contributed by atoms with Crippen LogP contribution < -0.4 is 5.32 Å². The summed E-state index contributed by atoms with van der Waals surface area (Å²) >= 11 is 0. The lowest BCUT2D eigenvalue weighted by molar-refractivity contribution is -0.134. The van der Waals surface area contributed by atoms with Gasteiger partial charge in [0.15, 0.2) is 0 Å². The third-order valence-corrected chi connectivity index (χ3v) is 3.96. The number of nitrogens with one attached hydrogen (secondary N) is 1. The lowest BCUT2D eigenvalue weighted by atomic mass is 9.90. The van der Waals surface area contributed by atoms with E-state index in [1.165, 1.54) is 0 Å². The summed E-state index contributed by atoms with van der Waals surface area (Å²) < 4.78 is 0. The van der Waals surface area contributed by atoms with E-state index < -0.39 is 12.2 Å². The maximum atomic E-state index is 12.2. The Hall–Kier alpha value is -0.650. The molecule has 0 aliphatic carbocycles. The average molecular weight is 242 g/mol. The second-order valence-electron chi connectivity index (χ2n) is 5.18. The van der Waals surface area contributed by atoms with Gasteiger partial charge in [0.25, 0.3) is 0 Å². The minimum Gasteiger partial charge on any atom is -0.388 e. The molecule has 0 bridgehead atoms. The average Bonchev–Trinajstić information content (AvgIpc) is 2.69. The van der Waals surface area contributed by atoms with Crippen molar-refractivity contribution in [1.29, 1.82) is 0 Å². The van der Waals surface area contributed by atoms with Crippen LogP contribution in [0.1, 0.15) is 26.2 Å². The van der Waals surface area contributed by atoms with Crippen LogP contribution in [0.25, 0.3) is 0 Å². The molecule has 1 amide bonds. The number of rotatable bonds is 2. The van der Waals surface area contributed by atoms with Gasteiger partial charge in [-0.1, -0.05) is 13.3 Å². The molecule has 4 atom stereocenters. The quantitative estimate of drug-likeness (QED) is 0.600. The smallest absolute Gasteiger partial charge is 0.239 e. The molecule has 4 unspecified atom stereocenters. The predicted molar refractivity (Wildman–Crippen MR) is 63.4 cm³/mol. The molecule has 2 saturated heterocycles. The maximum Gasteiger partial charge on any atom is 0.239 e. The number of amides is 1. The number of hydrogen-bond donors (Lipinski definition) is 3. The molecule has 0 aromatic carbocycles. The minimum absolute atomic E-state index is 0.0266. The van der Waals surface area contributed by atoms with E-state index >= 15 is 0 Å². The fourth-order valence-corrected chi connectivity index (χ4v) is 2.72. The fraction of sp³-hybridized carbons (Fsp3) is 0.917. The SMILES string of the molecule is CCC1CCNC(C(=O)N2CC(O)C(O)C2)C1. The van der Waals surface area contributed by atoms with E-state index in [0.29, 0.717) is 5.92 Å². The molecule has 3 N–H and O–H groups in total. The van der Waals surface area contributed by atoms with Gasteiger partial charge in [-0.3, -0.25) is 4.79 Å². The number of carbonyl (C=O) groups is 1. The molecule has 0 radical (unpaired) electrons. The second kappa shape index (κ2) is 5.33. The Bertz CT molecular complexity index is 275. The fourth-order valence-electron chi connectivity index (χ4n) is 2.72. The van der Waals surface area contributed by atoms with Gasteiger partial charge in [-0.05, 0) is 25.3 Å². The van der Waals surface area contributed by atoms with Crippen LogP contribution in [0.2, 0.25) is 0 Å². The summed E-state index contributed by atoms with van der Waals surface area (Å²) in [5.74, 6) is 0.640. The van der Waals surface area contributed by atoms with Gasteiger partial charge in [0, 0.05) is 13.1 Å². The first kappa shape index (κ1) is 12.8. The zero-order valence-corrected chi connectivity index (χ0v) is 10.3. The van der Waals surface area contributed by atoms with Gasteiger partial charge in [-0.15, -0.1) is 0 Å².